The molecule has 22 heavy (non-hydrogen) atoms. The quantitative estimate of drug-likeness (QED) is 0.484. The summed E-state index contributed by atoms with van der Waals surface area (Å²) in [5.41, 5.74) is 11.4. The van der Waals surface area contributed by atoms with Crippen LogP contribution in [0.4, 0.5) is 5.95 Å². The first-order valence-electron chi connectivity index (χ1n) is 6.63. The van der Waals surface area contributed by atoms with Crippen molar-refractivity contribution < 1.29 is 14.9 Å². The number of anilines is 1. The van der Waals surface area contributed by atoms with E-state index in [-0.39, 0.29) is 12.6 Å². The molecule has 1 unspecified atom stereocenters. The van der Waals surface area contributed by atoms with E-state index in [1.807, 2.05) is 0 Å². The molecule has 3 heterocycles. The zero-order valence-electron chi connectivity index (χ0n) is 11.8. The number of hydrogen-bond donors (Lipinski definition) is 4. The van der Waals surface area contributed by atoms with Gasteiger partial charge in [0.1, 0.15) is 17.7 Å². The normalized spacial score (nSPS) is 31.2. The molecule has 1 aliphatic heterocycles. The molecule has 9 nitrogen and oxygen atoms in total. The highest BCUT2D eigenvalue weighted by atomic mass is 16.5. The first-order chi connectivity index (χ1) is 10.5. The molecule has 1 saturated heterocycles. The van der Waals surface area contributed by atoms with Crippen LogP contribution in [-0.4, -0.2) is 54.1 Å². The van der Waals surface area contributed by atoms with E-state index >= 15 is 0 Å². The van der Waals surface area contributed by atoms with Gasteiger partial charge in [-0.2, -0.15) is 4.98 Å². The molecule has 4 atom stereocenters. The van der Waals surface area contributed by atoms with E-state index in [9.17, 15) is 10.2 Å². The monoisotopic (exact) mass is 304 g/mol. The molecule has 0 amide bonds. The molecule has 2 aromatic rings. The molecule has 9 heteroatoms. The van der Waals surface area contributed by atoms with E-state index in [2.05, 4.69) is 26.8 Å². The highest BCUT2D eigenvalue weighted by Gasteiger charge is 2.54. The Bertz CT molecular complexity index is 766. The third-order valence-electron chi connectivity index (χ3n) is 3.66. The van der Waals surface area contributed by atoms with Crippen molar-refractivity contribution in [3.63, 3.8) is 0 Å². The number of aromatic nitrogens is 4. The summed E-state index contributed by atoms with van der Waals surface area (Å²) in [6.07, 6.45) is 0.0623. The minimum atomic E-state index is -1.41. The number of aliphatic hydroxyl groups is 2. The molecule has 0 aliphatic carbocycles. The van der Waals surface area contributed by atoms with Crippen molar-refractivity contribution in [3.8, 4) is 11.8 Å². The number of ether oxygens (including phenoxy) is 1. The SMILES string of the molecule is CC#CC1(N)[C@@H](O)[C@@H](CO)O[C@H]1n1cnc2cnc(N)nc21. The topological polar surface area (TPSA) is 145 Å². The molecule has 2 aromatic heterocycles. The van der Waals surface area contributed by atoms with Gasteiger partial charge in [-0.15, -0.1) is 5.92 Å². The first kappa shape index (κ1) is 14.7. The van der Waals surface area contributed by atoms with Gasteiger partial charge in [-0.3, -0.25) is 4.57 Å². The number of nitrogens with zero attached hydrogens (tertiary/aromatic N) is 4. The lowest BCUT2D eigenvalue weighted by molar-refractivity contribution is -0.0447. The lowest BCUT2D eigenvalue weighted by Crippen LogP contribution is -2.53. The summed E-state index contributed by atoms with van der Waals surface area (Å²) in [6, 6.07) is 0. The minimum Gasteiger partial charge on any atom is -0.394 e. The van der Waals surface area contributed by atoms with Crippen molar-refractivity contribution >= 4 is 17.1 Å². The lowest BCUT2D eigenvalue weighted by atomic mass is 9.91. The van der Waals surface area contributed by atoms with Crippen molar-refractivity contribution in [3.05, 3.63) is 12.5 Å². The van der Waals surface area contributed by atoms with Gasteiger partial charge in [-0.1, -0.05) is 5.92 Å². The Kier molecular flexibility index (Phi) is 3.46. The Morgan fingerprint density at radius 2 is 2.27 bits per heavy atom. The minimum absolute atomic E-state index is 0.0794. The molecule has 0 aromatic carbocycles. The predicted molar refractivity (Wildman–Crippen MR) is 77.1 cm³/mol. The summed E-state index contributed by atoms with van der Waals surface area (Å²) in [5, 5.41) is 19.7. The first-order valence-corrected chi connectivity index (χ1v) is 6.63. The molecule has 0 bridgehead atoms. The maximum atomic E-state index is 10.3. The van der Waals surface area contributed by atoms with E-state index in [0.29, 0.717) is 11.2 Å². The van der Waals surface area contributed by atoms with E-state index in [1.54, 1.807) is 6.92 Å². The molecule has 1 aliphatic rings. The maximum absolute atomic E-state index is 10.3. The zero-order chi connectivity index (χ0) is 15.9. The van der Waals surface area contributed by atoms with E-state index in [1.165, 1.54) is 17.1 Å². The number of hydrogen-bond acceptors (Lipinski definition) is 8. The predicted octanol–water partition coefficient (Wildman–Crippen LogP) is -1.62. The number of fused-ring (bicyclic) bond motifs is 1. The van der Waals surface area contributed by atoms with Gasteiger partial charge < -0.3 is 26.4 Å². The maximum Gasteiger partial charge on any atom is 0.222 e. The van der Waals surface area contributed by atoms with Gasteiger partial charge in [-0.05, 0) is 6.92 Å². The molecule has 0 saturated carbocycles. The summed E-state index contributed by atoms with van der Waals surface area (Å²) in [5.74, 6) is 5.54. The van der Waals surface area contributed by atoms with Crippen LogP contribution < -0.4 is 11.5 Å². The Morgan fingerprint density at radius 1 is 1.50 bits per heavy atom. The molecular formula is C13H16N6O3. The van der Waals surface area contributed by atoms with Gasteiger partial charge in [0, 0.05) is 0 Å². The Labute approximate surface area is 125 Å². The summed E-state index contributed by atoms with van der Waals surface area (Å²) in [7, 11) is 0. The van der Waals surface area contributed by atoms with E-state index < -0.39 is 24.0 Å². The van der Waals surface area contributed by atoms with Gasteiger partial charge >= 0.3 is 0 Å². The van der Waals surface area contributed by atoms with Crippen LogP contribution in [0.1, 0.15) is 13.2 Å². The van der Waals surface area contributed by atoms with Crippen molar-refractivity contribution in [2.24, 2.45) is 5.73 Å². The van der Waals surface area contributed by atoms with Crippen LogP contribution in [0, 0.1) is 11.8 Å². The highest BCUT2D eigenvalue weighted by molar-refractivity contribution is 5.70. The summed E-state index contributed by atoms with van der Waals surface area (Å²) < 4.78 is 7.22. The fraction of sp³-hybridized carbons (Fsp3) is 0.462. The Morgan fingerprint density at radius 3 is 2.95 bits per heavy atom. The second kappa shape index (κ2) is 5.19. The van der Waals surface area contributed by atoms with Gasteiger partial charge in [0.05, 0.1) is 19.1 Å². The standard InChI is InChI=1S/C13H16N6O3/c1-2-3-13(15)9(21)8(5-20)22-11(13)19-6-17-7-4-16-12(14)18-10(7)19/h4,6,8-9,11,20-21H,5,15H2,1H3,(H2,14,16,18)/t8-,9+,11-,13?/m1/s1. The van der Waals surface area contributed by atoms with Crippen LogP contribution in [0.25, 0.3) is 11.2 Å². The van der Waals surface area contributed by atoms with Crippen LogP contribution in [-0.2, 0) is 4.74 Å². The van der Waals surface area contributed by atoms with Gasteiger partial charge in [0.25, 0.3) is 0 Å². The molecular weight excluding hydrogens is 288 g/mol. The molecule has 6 N–H and O–H groups in total. The van der Waals surface area contributed by atoms with Crippen LogP contribution in [0.2, 0.25) is 0 Å². The van der Waals surface area contributed by atoms with Crippen LogP contribution >= 0.6 is 0 Å². The summed E-state index contributed by atoms with van der Waals surface area (Å²) >= 11 is 0. The summed E-state index contributed by atoms with van der Waals surface area (Å²) in [6.45, 7) is 1.22. The third kappa shape index (κ3) is 2.01. The molecule has 3 rings (SSSR count). The zero-order valence-corrected chi connectivity index (χ0v) is 11.8. The second-order valence-corrected chi connectivity index (χ2v) is 5.05. The van der Waals surface area contributed by atoms with E-state index in [0.717, 1.165) is 0 Å². The van der Waals surface area contributed by atoms with Gasteiger partial charge in [0.2, 0.25) is 5.95 Å². The van der Waals surface area contributed by atoms with Crippen molar-refractivity contribution in [2.45, 2.75) is 30.9 Å². The smallest absolute Gasteiger partial charge is 0.222 e. The van der Waals surface area contributed by atoms with Gasteiger partial charge in [-0.25, -0.2) is 9.97 Å². The molecule has 116 valence electrons. The van der Waals surface area contributed by atoms with Crippen LogP contribution in [0.5, 0.6) is 0 Å². The third-order valence-corrected chi connectivity index (χ3v) is 3.66. The van der Waals surface area contributed by atoms with Crippen molar-refractivity contribution in [2.75, 3.05) is 12.3 Å². The average molecular weight is 304 g/mol. The van der Waals surface area contributed by atoms with Crippen LogP contribution in [0.15, 0.2) is 12.5 Å². The molecule has 1 fully saturated rings. The fourth-order valence-electron chi connectivity index (χ4n) is 2.61. The van der Waals surface area contributed by atoms with Gasteiger partial charge in [0.15, 0.2) is 17.4 Å². The molecule has 0 spiro atoms. The molecule has 0 radical (unpaired) electrons. The largest absolute Gasteiger partial charge is 0.394 e. The van der Waals surface area contributed by atoms with Crippen molar-refractivity contribution in [1.82, 2.24) is 19.5 Å². The summed E-state index contributed by atoms with van der Waals surface area (Å²) in [4.78, 5) is 12.1. The fourth-order valence-corrected chi connectivity index (χ4v) is 2.61. The van der Waals surface area contributed by atoms with Crippen LogP contribution in [0.3, 0.4) is 0 Å². The second-order valence-electron chi connectivity index (χ2n) is 5.05. The number of nitrogens with two attached hydrogens (primary N) is 2. The number of rotatable bonds is 2. The highest BCUT2D eigenvalue weighted by Crippen LogP contribution is 2.37. The van der Waals surface area contributed by atoms with Crippen molar-refractivity contribution in [1.29, 1.82) is 0 Å². The number of nitrogen functional groups attached to an aromatic ring is 1. The average Bonchev–Trinajstić information content (AvgIpc) is 3.00. The number of imidazole rings is 1. The lowest BCUT2D eigenvalue weighted by Gasteiger charge is -2.27. The number of aliphatic hydroxyl groups excluding tert-OH is 2. The Balaban J connectivity index is 2.14. The Hall–Kier alpha value is -2.25. The van der Waals surface area contributed by atoms with E-state index in [4.69, 9.17) is 16.2 Å².